The van der Waals surface area contributed by atoms with Crippen molar-refractivity contribution in [1.82, 2.24) is 14.5 Å². The quantitative estimate of drug-likeness (QED) is 0.456. The van der Waals surface area contributed by atoms with Gasteiger partial charge in [-0.25, -0.2) is 9.97 Å². The second kappa shape index (κ2) is 8.74. The number of aryl methyl sites for hydroxylation is 1. The van der Waals surface area contributed by atoms with Gasteiger partial charge in [0.05, 0.1) is 11.0 Å². The highest BCUT2D eigenvalue weighted by Crippen LogP contribution is 2.39. The van der Waals surface area contributed by atoms with Gasteiger partial charge in [0.15, 0.2) is 0 Å². The monoisotopic (exact) mass is 401 g/mol. The van der Waals surface area contributed by atoms with Crippen molar-refractivity contribution in [3.63, 3.8) is 0 Å². The van der Waals surface area contributed by atoms with Crippen molar-refractivity contribution in [3.05, 3.63) is 60.4 Å². The number of hydrogen-bond acceptors (Lipinski definition) is 4. The molecule has 2 atom stereocenters. The van der Waals surface area contributed by atoms with E-state index in [0.717, 1.165) is 28.6 Å². The molecule has 1 saturated carbocycles. The molecule has 156 valence electrons. The minimum atomic E-state index is 0.558. The first-order chi connectivity index (χ1) is 14.7. The van der Waals surface area contributed by atoms with Gasteiger partial charge in [-0.1, -0.05) is 26.0 Å². The number of benzene rings is 1. The first kappa shape index (κ1) is 20.2. The van der Waals surface area contributed by atoms with Crippen LogP contribution in [-0.2, 0) is 6.42 Å². The smallest absolute Gasteiger partial charge is 0.132 e. The van der Waals surface area contributed by atoms with E-state index in [-0.39, 0.29) is 0 Å². The molecule has 4 N–H and O–H groups in total. The maximum atomic E-state index is 6.02. The second-order valence-corrected chi connectivity index (χ2v) is 7.99. The van der Waals surface area contributed by atoms with Crippen molar-refractivity contribution >= 4 is 33.4 Å². The average Bonchev–Trinajstić information content (AvgIpc) is 3.41. The van der Waals surface area contributed by atoms with Gasteiger partial charge in [-0.05, 0) is 73.9 Å². The fourth-order valence-corrected chi connectivity index (χ4v) is 4.70. The number of rotatable bonds is 4. The molecule has 0 aliphatic heterocycles. The molecule has 5 nitrogen and oxygen atoms in total. The molecule has 0 amide bonds. The van der Waals surface area contributed by atoms with Gasteiger partial charge in [0, 0.05) is 29.2 Å². The van der Waals surface area contributed by atoms with Crippen LogP contribution >= 0.6 is 0 Å². The van der Waals surface area contributed by atoms with Crippen LogP contribution in [0.4, 0.5) is 11.6 Å². The number of aromatic nitrogens is 3. The van der Waals surface area contributed by atoms with Crippen molar-refractivity contribution in [3.8, 4) is 0 Å². The van der Waals surface area contributed by atoms with Gasteiger partial charge >= 0.3 is 0 Å². The number of nitrogens with zero attached hydrogens (tertiary/aromatic N) is 3. The fraction of sp³-hybridized carbons (Fsp3) is 0.360. The van der Waals surface area contributed by atoms with E-state index in [4.69, 9.17) is 11.5 Å². The summed E-state index contributed by atoms with van der Waals surface area (Å²) < 4.78 is 2.40. The van der Waals surface area contributed by atoms with Crippen LogP contribution in [-0.4, -0.2) is 14.5 Å². The Morgan fingerprint density at radius 3 is 2.73 bits per heavy atom. The Kier molecular flexibility index (Phi) is 5.88. The lowest BCUT2D eigenvalue weighted by Crippen LogP contribution is -2.05. The van der Waals surface area contributed by atoms with Crippen LogP contribution in [0.3, 0.4) is 0 Å². The summed E-state index contributed by atoms with van der Waals surface area (Å²) in [6.07, 6.45) is 10.0. The first-order valence-electron chi connectivity index (χ1n) is 11.0. The van der Waals surface area contributed by atoms with Crippen molar-refractivity contribution < 1.29 is 0 Å². The molecule has 5 rings (SSSR count). The summed E-state index contributed by atoms with van der Waals surface area (Å²) in [5.74, 6) is 1.96. The third-order valence-electron chi connectivity index (χ3n) is 6.20. The van der Waals surface area contributed by atoms with Gasteiger partial charge in [-0.3, -0.25) is 0 Å². The van der Waals surface area contributed by atoms with Gasteiger partial charge < -0.3 is 16.0 Å². The number of nitrogen functional groups attached to an aromatic ring is 2. The molecule has 30 heavy (non-hydrogen) atoms. The molecule has 1 aliphatic rings. The molecular formula is C25H31N5. The molecule has 3 heterocycles. The number of hydrogen-bond donors (Lipinski definition) is 2. The summed E-state index contributed by atoms with van der Waals surface area (Å²) in [4.78, 5) is 8.66. The van der Waals surface area contributed by atoms with E-state index >= 15 is 0 Å². The van der Waals surface area contributed by atoms with Gasteiger partial charge in [0.25, 0.3) is 0 Å². The molecule has 4 aromatic rings. The fourth-order valence-electron chi connectivity index (χ4n) is 4.70. The Bertz CT molecular complexity index is 1150. The predicted octanol–water partition coefficient (Wildman–Crippen LogP) is 5.75. The molecule has 1 aromatic carbocycles. The first-order valence-corrected chi connectivity index (χ1v) is 11.0. The van der Waals surface area contributed by atoms with E-state index < -0.39 is 0 Å². The van der Waals surface area contributed by atoms with Crippen LogP contribution < -0.4 is 11.5 Å². The molecule has 3 aromatic heterocycles. The third-order valence-corrected chi connectivity index (χ3v) is 6.20. The molecule has 1 aliphatic carbocycles. The van der Waals surface area contributed by atoms with Crippen LogP contribution in [0.15, 0.2) is 54.9 Å². The minimum Gasteiger partial charge on any atom is -0.384 e. The summed E-state index contributed by atoms with van der Waals surface area (Å²) in [6.45, 7) is 4.00. The SMILES string of the molecule is CC.Nc1ccc2ccc(CCC3CCC(n4ccc5c(N)nccc54)C3)cc2n1. The van der Waals surface area contributed by atoms with Crippen LogP contribution in [0.1, 0.15) is 51.1 Å². The van der Waals surface area contributed by atoms with E-state index in [1.165, 1.54) is 36.8 Å². The van der Waals surface area contributed by atoms with Gasteiger partial charge in [-0.2, -0.15) is 0 Å². The van der Waals surface area contributed by atoms with Crippen LogP contribution in [0.5, 0.6) is 0 Å². The summed E-state index contributed by atoms with van der Waals surface area (Å²) in [6, 6.07) is 15.2. The molecule has 0 bridgehead atoms. The summed E-state index contributed by atoms with van der Waals surface area (Å²) >= 11 is 0. The van der Waals surface area contributed by atoms with E-state index in [1.807, 2.05) is 26.0 Å². The zero-order chi connectivity index (χ0) is 21.1. The Hall–Kier alpha value is -3.08. The van der Waals surface area contributed by atoms with E-state index in [0.29, 0.717) is 17.7 Å². The van der Waals surface area contributed by atoms with Crippen LogP contribution in [0, 0.1) is 5.92 Å². The highest BCUT2D eigenvalue weighted by atomic mass is 15.0. The van der Waals surface area contributed by atoms with Crippen LogP contribution in [0.2, 0.25) is 0 Å². The number of anilines is 2. The van der Waals surface area contributed by atoms with Crippen molar-refractivity contribution in [1.29, 1.82) is 0 Å². The summed E-state index contributed by atoms with van der Waals surface area (Å²) in [5, 5.41) is 2.21. The van der Waals surface area contributed by atoms with Crippen LogP contribution in [0.25, 0.3) is 21.8 Å². The predicted molar refractivity (Wildman–Crippen MR) is 126 cm³/mol. The van der Waals surface area contributed by atoms with Crippen molar-refractivity contribution in [2.75, 3.05) is 11.5 Å². The standard InChI is InChI=1S/C23H25N5.C2H6/c24-22-8-6-17-5-3-16(14-20(17)27-22)2-1-15-4-7-18(13-15)28-12-10-19-21(28)9-11-26-23(19)25;1-2/h3,5-6,8-12,14-15,18H,1-2,4,7,13H2,(H2,24,27)(H2,25,26);1-2H3. The average molecular weight is 402 g/mol. The number of nitrogens with two attached hydrogens (primary N) is 2. The number of fused-ring (bicyclic) bond motifs is 2. The lowest BCUT2D eigenvalue weighted by molar-refractivity contribution is 0.462. The lowest BCUT2D eigenvalue weighted by atomic mass is 9.97. The molecule has 0 spiro atoms. The Labute approximate surface area is 178 Å². The summed E-state index contributed by atoms with van der Waals surface area (Å²) in [7, 11) is 0. The van der Waals surface area contributed by atoms with E-state index in [2.05, 4.69) is 51.1 Å². The van der Waals surface area contributed by atoms with Crippen molar-refractivity contribution in [2.45, 2.75) is 52.0 Å². The Morgan fingerprint density at radius 1 is 1.03 bits per heavy atom. The topological polar surface area (TPSA) is 82.8 Å². The molecule has 0 saturated heterocycles. The normalized spacial score (nSPS) is 18.5. The summed E-state index contributed by atoms with van der Waals surface area (Å²) in [5.41, 5.74) is 15.4. The maximum Gasteiger partial charge on any atom is 0.132 e. The molecule has 5 heteroatoms. The molecule has 1 fully saturated rings. The van der Waals surface area contributed by atoms with Gasteiger partial charge in [0.2, 0.25) is 0 Å². The Balaban J connectivity index is 0.00000106. The van der Waals surface area contributed by atoms with Gasteiger partial charge in [-0.15, -0.1) is 0 Å². The van der Waals surface area contributed by atoms with E-state index in [9.17, 15) is 0 Å². The Morgan fingerprint density at radius 2 is 1.87 bits per heavy atom. The molecule has 2 unspecified atom stereocenters. The molecular weight excluding hydrogens is 370 g/mol. The zero-order valence-electron chi connectivity index (χ0n) is 17.9. The minimum absolute atomic E-state index is 0.558. The van der Waals surface area contributed by atoms with Crippen molar-refractivity contribution in [2.24, 2.45) is 5.92 Å². The second-order valence-electron chi connectivity index (χ2n) is 7.99. The number of pyridine rings is 2. The van der Waals surface area contributed by atoms with Gasteiger partial charge in [0.1, 0.15) is 11.6 Å². The third kappa shape index (κ3) is 3.97. The lowest BCUT2D eigenvalue weighted by Gasteiger charge is -2.15. The highest BCUT2D eigenvalue weighted by Gasteiger charge is 2.26. The van der Waals surface area contributed by atoms with E-state index in [1.54, 1.807) is 6.20 Å². The molecule has 0 radical (unpaired) electrons. The zero-order valence-corrected chi connectivity index (χ0v) is 17.9. The maximum absolute atomic E-state index is 6.02. The largest absolute Gasteiger partial charge is 0.384 e. The highest BCUT2D eigenvalue weighted by molar-refractivity contribution is 5.89.